The van der Waals surface area contributed by atoms with Crippen molar-refractivity contribution in [3.63, 3.8) is 0 Å². The van der Waals surface area contributed by atoms with E-state index >= 15 is 0 Å². The summed E-state index contributed by atoms with van der Waals surface area (Å²) in [6.07, 6.45) is 0. The van der Waals surface area contributed by atoms with E-state index in [1.54, 1.807) is 6.92 Å². The fourth-order valence-corrected chi connectivity index (χ4v) is 2.00. The first-order valence-electron chi connectivity index (χ1n) is 6.49. The van der Waals surface area contributed by atoms with Crippen LogP contribution in [0.3, 0.4) is 0 Å². The Morgan fingerprint density at radius 1 is 0.900 bits per heavy atom. The van der Waals surface area contributed by atoms with Gasteiger partial charge in [0.2, 0.25) is 11.8 Å². The predicted octanol–water partition coefficient (Wildman–Crippen LogP) is 3.66. The van der Waals surface area contributed by atoms with E-state index in [2.05, 4.69) is 39.8 Å². The molecule has 4 nitrogen and oxygen atoms in total. The Hall–Kier alpha value is -2.62. The van der Waals surface area contributed by atoms with Crippen molar-refractivity contribution >= 4 is 5.69 Å². The molecule has 1 aromatic heterocycles. The minimum absolute atomic E-state index is 0.533. The minimum Gasteiger partial charge on any atom is -0.424 e. The molecule has 0 aliphatic heterocycles. The number of benzene rings is 2. The van der Waals surface area contributed by atoms with Gasteiger partial charge in [0, 0.05) is 12.6 Å². The Labute approximate surface area is 117 Å². The molecule has 3 rings (SSSR count). The highest BCUT2D eigenvalue weighted by atomic mass is 16.4. The molecule has 0 atom stereocenters. The van der Waals surface area contributed by atoms with Crippen LogP contribution in [0.1, 0.15) is 11.8 Å². The van der Waals surface area contributed by atoms with Crippen LogP contribution in [0, 0.1) is 6.92 Å². The van der Waals surface area contributed by atoms with Gasteiger partial charge in [0.1, 0.15) is 0 Å². The van der Waals surface area contributed by atoms with Crippen LogP contribution >= 0.6 is 0 Å². The fraction of sp³-hybridized carbons (Fsp3) is 0.125. The highest BCUT2D eigenvalue weighted by molar-refractivity contribution is 5.65. The van der Waals surface area contributed by atoms with E-state index in [0.29, 0.717) is 18.3 Å². The van der Waals surface area contributed by atoms with E-state index in [4.69, 9.17) is 4.42 Å². The third-order valence-electron chi connectivity index (χ3n) is 3.00. The lowest BCUT2D eigenvalue weighted by Crippen LogP contribution is -1.99. The van der Waals surface area contributed by atoms with E-state index in [1.807, 2.05) is 30.3 Å². The van der Waals surface area contributed by atoms with E-state index in [0.717, 1.165) is 5.69 Å². The first-order valence-corrected chi connectivity index (χ1v) is 6.49. The van der Waals surface area contributed by atoms with Gasteiger partial charge in [0.15, 0.2) is 0 Å². The first-order chi connectivity index (χ1) is 9.81. The third kappa shape index (κ3) is 2.85. The number of hydrogen-bond donors (Lipinski definition) is 1. The van der Waals surface area contributed by atoms with Crippen LogP contribution < -0.4 is 5.32 Å². The van der Waals surface area contributed by atoms with Gasteiger partial charge in [0.05, 0.1) is 6.54 Å². The number of nitrogens with zero attached hydrogens (tertiary/aromatic N) is 2. The maximum Gasteiger partial charge on any atom is 0.235 e. The number of aryl methyl sites for hydroxylation is 1. The summed E-state index contributed by atoms with van der Waals surface area (Å²) in [4.78, 5) is 0. The summed E-state index contributed by atoms with van der Waals surface area (Å²) in [5.74, 6) is 1.18. The minimum atomic E-state index is 0.533. The molecule has 20 heavy (non-hydrogen) atoms. The molecular formula is C16H15N3O. The Morgan fingerprint density at radius 3 is 2.25 bits per heavy atom. The van der Waals surface area contributed by atoms with Crippen LogP contribution in [0.15, 0.2) is 59.0 Å². The Kier molecular flexibility index (Phi) is 3.46. The average molecular weight is 265 g/mol. The fourth-order valence-electron chi connectivity index (χ4n) is 2.00. The van der Waals surface area contributed by atoms with E-state index in [9.17, 15) is 0 Å². The van der Waals surface area contributed by atoms with Gasteiger partial charge in [-0.3, -0.25) is 0 Å². The van der Waals surface area contributed by atoms with Crippen LogP contribution in [0.25, 0.3) is 11.1 Å². The maximum absolute atomic E-state index is 5.31. The topological polar surface area (TPSA) is 51.0 Å². The molecule has 0 aliphatic rings. The second-order valence-electron chi connectivity index (χ2n) is 4.51. The molecule has 4 heteroatoms. The summed E-state index contributed by atoms with van der Waals surface area (Å²) in [6.45, 7) is 2.32. The van der Waals surface area contributed by atoms with Crippen molar-refractivity contribution < 1.29 is 4.42 Å². The molecule has 0 saturated heterocycles. The highest BCUT2D eigenvalue weighted by Crippen LogP contribution is 2.21. The van der Waals surface area contributed by atoms with Crippen molar-refractivity contribution in [3.8, 4) is 11.1 Å². The predicted molar refractivity (Wildman–Crippen MR) is 78.2 cm³/mol. The standard InChI is InChI=1S/C16H15N3O/c1-12-18-19-16(20-12)11-17-15-9-7-14(8-10-15)13-5-3-2-4-6-13/h2-10,17H,11H2,1H3. The molecule has 0 radical (unpaired) electrons. The lowest BCUT2D eigenvalue weighted by Gasteiger charge is -2.05. The summed E-state index contributed by atoms with van der Waals surface area (Å²) < 4.78 is 5.31. The van der Waals surface area contributed by atoms with Gasteiger partial charge in [-0.2, -0.15) is 0 Å². The molecule has 0 unspecified atom stereocenters. The molecule has 3 aromatic rings. The van der Waals surface area contributed by atoms with Gasteiger partial charge in [-0.15, -0.1) is 10.2 Å². The second kappa shape index (κ2) is 5.57. The second-order valence-corrected chi connectivity index (χ2v) is 4.51. The summed E-state index contributed by atoms with van der Waals surface area (Å²) in [5.41, 5.74) is 3.44. The SMILES string of the molecule is Cc1nnc(CNc2ccc(-c3ccccc3)cc2)o1. The van der Waals surface area contributed by atoms with Crippen molar-refractivity contribution in [1.29, 1.82) is 0 Å². The normalized spacial score (nSPS) is 10.4. The van der Waals surface area contributed by atoms with E-state index < -0.39 is 0 Å². The van der Waals surface area contributed by atoms with Gasteiger partial charge >= 0.3 is 0 Å². The zero-order valence-electron chi connectivity index (χ0n) is 11.2. The van der Waals surface area contributed by atoms with Crippen LogP contribution in [0.2, 0.25) is 0 Å². The molecule has 1 N–H and O–H groups in total. The molecule has 0 fully saturated rings. The average Bonchev–Trinajstić information content (AvgIpc) is 2.92. The lowest BCUT2D eigenvalue weighted by atomic mass is 10.1. The number of anilines is 1. The van der Waals surface area contributed by atoms with Gasteiger partial charge < -0.3 is 9.73 Å². The number of hydrogen-bond acceptors (Lipinski definition) is 4. The summed E-state index contributed by atoms with van der Waals surface area (Å²) in [6, 6.07) is 18.6. The Bertz CT molecular complexity index is 674. The van der Waals surface area contributed by atoms with Crippen molar-refractivity contribution in [2.24, 2.45) is 0 Å². The number of aromatic nitrogens is 2. The largest absolute Gasteiger partial charge is 0.424 e. The first kappa shape index (κ1) is 12.4. The Balaban J connectivity index is 1.67. The Morgan fingerprint density at radius 2 is 1.60 bits per heavy atom. The van der Waals surface area contributed by atoms with Crippen LogP contribution in [0.5, 0.6) is 0 Å². The summed E-state index contributed by atoms with van der Waals surface area (Å²) in [5, 5.41) is 11.0. The monoisotopic (exact) mass is 265 g/mol. The number of nitrogens with one attached hydrogen (secondary N) is 1. The third-order valence-corrected chi connectivity index (χ3v) is 3.00. The number of rotatable bonds is 4. The van der Waals surface area contributed by atoms with Crippen LogP contribution in [0.4, 0.5) is 5.69 Å². The van der Waals surface area contributed by atoms with Crippen molar-refractivity contribution in [3.05, 3.63) is 66.4 Å². The van der Waals surface area contributed by atoms with E-state index in [-0.39, 0.29) is 0 Å². The molecule has 0 amide bonds. The molecule has 0 aliphatic carbocycles. The van der Waals surface area contributed by atoms with Crippen molar-refractivity contribution in [2.45, 2.75) is 13.5 Å². The molecule has 1 heterocycles. The lowest BCUT2D eigenvalue weighted by molar-refractivity contribution is 0.475. The zero-order valence-corrected chi connectivity index (χ0v) is 11.2. The molecule has 100 valence electrons. The summed E-state index contributed by atoms with van der Waals surface area (Å²) in [7, 11) is 0. The van der Waals surface area contributed by atoms with Crippen LogP contribution in [-0.4, -0.2) is 10.2 Å². The maximum atomic E-state index is 5.31. The highest BCUT2D eigenvalue weighted by Gasteiger charge is 2.02. The zero-order chi connectivity index (χ0) is 13.8. The van der Waals surface area contributed by atoms with Crippen molar-refractivity contribution in [2.75, 3.05) is 5.32 Å². The van der Waals surface area contributed by atoms with Crippen LogP contribution in [-0.2, 0) is 6.54 Å². The summed E-state index contributed by atoms with van der Waals surface area (Å²) >= 11 is 0. The van der Waals surface area contributed by atoms with Gasteiger partial charge in [0.25, 0.3) is 0 Å². The van der Waals surface area contributed by atoms with Gasteiger partial charge in [-0.05, 0) is 23.3 Å². The van der Waals surface area contributed by atoms with E-state index in [1.165, 1.54) is 11.1 Å². The molecular weight excluding hydrogens is 250 g/mol. The molecule has 2 aromatic carbocycles. The smallest absolute Gasteiger partial charge is 0.235 e. The molecule has 0 saturated carbocycles. The molecule has 0 spiro atoms. The van der Waals surface area contributed by atoms with Gasteiger partial charge in [-0.1, -0.05) is 42.5 Å². The molecule has 0 bridgehead atoms. The van der Waals surface area contributed by atoms with Gasteiger partial charge in [-0.25, -0.2) is 0 Å². The quantitative estimate of drug-likeness (QED) is 0.782. The van der Waals surface area contributed by atoms with Crippen molar-refractivity contribution in [1.82, 2.24) is 10.2 Å².